The average Bonchev–Trinajstić information content (AvgIpc) is 3.54. The summed E-state index contributed by atoms with van der Waals surface area (Å²) in [6.45, 7) is 8.26. The minimum Gasteiger partial charge on any atom is -0.374 e. The number of nitriles is 1. The molecule has 274 valence electrons. The molecule has 5 fully saturated rings. The van der Waals surface area contributed by atoms with Crippen LogP contribution in [-0.4, -0.2) is 115 Å². The molecule has 0 bridgehead atoms. The number of likely N-dealkylation sites (N-methyl/N-ethyl adjacent to an activating group) is 1. The van der Waals surface area contributed by atoms with Gasteiger partial charge in [0.15, 0.2) is 6.35 Å². The molecule has 50 heavy (non-hydrogen) atoms. The van der Waals surface area contributed by atoms with Gasteiger partial charge in [-0.3, -0.25) is 15.0 Å². The van der Waals surface area contributed by atoms with E-state index in [1.807, 2.05) is 12.0 Å². The maximum absolute atomic E-state index is 13.0. The molecule has 1 N–H and O–H groups in total. The molecular weight excluding hydrogens is 628 g/mol. The second-order valence-electron chi connectivity index (χ2n) is 15.9. The number of methoxy groups -OCH3 is 1. The Kier molecular flexibility index (Phi) is 11.6. The van der Waals surface area contributed by atoms with Gasteiger partial charge in [0.1, 0.15) is 11.7 Å². The Labute approximate surface area is 300 Å². The van der Waals surface area contributed by atoms with E-state index in [4.69, 9.17) is 14.2 Å². The van der Waals surface area contributed by atoms with Crippen LogP contribution >= 0.6 is 0 Å². The van der Waals surface area contributed by atoms with E-state index < -0.39 is 5.60 Å². The number of piperazine rings is 1. The first kappa shape index (κ1) is 36.0. The van der Waals surface area contributed by atoms with Crippen LogP contribution in [0, 0.1) is 17.2 Å². The van der Waals surface area contributed by atoms with Crippen LogP contribution < -0.4 is 5.32 Å². The third-order valence-electron chi connectivity index (χ3n) is 13.2. The molecule has 7 rings (SSSR count). The second kappa shape index (κ2) is 16.1. The maximum Gasteiger partial charge on any atom is 0.246 e. The number of nitrogens with zero attached hydrogens (tertiary/aromatic N) is 5. The Morgan fingerprint density at radius 2 is 1.88 bits per heavy atom. The van der Waals surface area contributed by atoms with Gasteiger partial charge in [0.05, 0.1) is 37.9 Å². The number of likely N-dealkylation sites (tertiary alicyclic amines) is 1. The fourth-order valence-electron chi connectivity index (χ4n) is 10.6. The van der Waals surface area contributed by atoms with Crippen molar-refractivity contribution in [1.82, 2.24) is 24.9 Å². The van der Waals surface area contributed by atoms with Gasteiger partial charge in [-0.25, -0.2) is 4.90 Å². The normalized spacial score (nSPS) is 36.3. The van der Waals surface area contributed by atoms with E-state index in [1.165, 1.54) is 75.0 Å². The molecule has 1 amide bonds. The topological polar surface area (TPSA) is 93.5 Å². The van der Waals surface area contributed by atoms with Gasteiger partial charge in [0.2, 0.25) is 5.91 Å². The third kappa shape index (κ3) is 7.17. The van der Waals surface area contributed by atoms with Crippen molar-refractivity contribution in [2.75, 3.05) is 46.9 Å². The van der Waals surface area contributed by atoms with Crippen molar-refractivity contribution in [2.45, 2.75) is 138 Å². The van der Waals surface area contributed by atoms with Crippen molar-refractivity contribution in [1.29, 1.82) is 5.26 Å². The summed E-state index contributed by atoms with van der Waals surface area (Å²) < 4.78 is 20.4. The van der Waals surface area contributed by atoms with Crippen LogP contribution in [0.3, 0.4) is 0 Å². The highest BCUT2D eigenvalue weighted by Gasteiger charge is 2.57. The Hall–Kier alpha value is -2.36. The van der Waals surface area contributed by atoms with E-state index >= 15 is 0 Å². The van der Waals surface area contributed by atoms with Crippen LogP contribution in [0.2, 0.25) is 0 Å². The van der Waals surface area contributed by atoms with Crippen molar-refractivity contribution < 1.29 is 19.0 Å². The molecule has 1 aromatic rings. The van der Waals surface area contributed by atoms with Crippen LogP contribution in [0.25, 0.3) is 0 Å². The van der Waals surface area contributed by atoms with Gasteiger partial charge in [-0.1, -0.05) is 62.9 Å². The van der Waals surface area contributed by atoms with Gasteiger partial charge in [-0.05, 0) is 75.7 Å². The summed E-state index contributed by atoms with van der Waals surface area (Å²) in [4.78, 5) is 22.7. The zero-order chi connectivity index (χ0) is 34.7. The second-order valence-corrected chi connectivity index (χ2v) is 15.9. The zero-order valence-corrected chi connectivity index (χ0v) is 30.5. The molecular formula is C40H60N6O4. The summed E-state index contributed by atoms with van der Waals surface area (Å²) in [7, 11) is 4.06. The molecule has 7 unspecified atom stereocenters. The standard InChI is InChI=1S/C40H60N6O4/c1-4-36(47)45-24-23-44(26-31(45)19-21-41)38-34-18-20-40(37(48-3)33-17-11-10-13-29(33)27-50-40)25-35(34)42-39(49-28-32-16-12-22-43(32)2)46(38)30-14-8-6-5-7-9-15-30/h4,10-11,13,17,30-32,34-35,37-39,42H,1,5-9,12,14-16,18-20,22-28H2,2-3H3/t31?,32?,34?,35?,37?,38?,39?,40-/m1/s1. The van der Waals surface area contributed by atoms with Crippen molar-refractivity contribution >= 4 is 5.91 Å². The number of nitrogens with one attached hydrogen (secondary N) is 1. The molecule has 6 aliphatic rings. The average molecular weight is 689 g/mol. The summed E-state index contributed by atoms with van der Waals surface area (Å²) >= 11 is 0. The first-order chi connectivity index (χ1) is 24.5. The van der Waals surface area contributed by atoms with Crippen LogP contribution in [0.15, 0.2) is 36.9 Å². The number of amides is 1. The number of carbonyl (C=O) groups is 1. The Balaban J connectivity index is 1.24. The zero-order valence-electron chi connectivity index (χ0n) is 30.5. The van der Waals surface area contributed by atoms with E-state index in [0.29, 0.717) is 50.7 Å². The number of benzene rings is 1. The van der Waals surface area contributed by atoms with Gasteiger partial charge in [-0.15, -0.1) is 0 Å². The molecule has 0 aromatic heterocycles. The predicted molar refractivity (Wildman–Crippen MR) is 193 cm³/mol. The quantitative estimate of drug-likeness (QED) is 0.372. The largest absolute Gasteiger partial charge is 0.374 e. The van der Waals surface area contributed by atoms with E-state index in [2.05, 4.69) is 64.0 Å². The molecule has 0 radical (unpaired) electrons. The molecule has 8 atom stereocenters. The lowest BCUT2D eigenvalue weighted by molar-refractivity contribution is -0.241. The van der Waals surface area contributed by atoms with E-state index in [-0.39, 0.29) is 36.6 Å². The molecule has 10 heteroatoms. The van der Waals surface area contributed by atoms with Gasteiger partial charge in [0, 0.05) is 50.8 Å². The Morgan fingerprint density at radius 1 is 1.08 bits per heavy atom. The van der Waals surface area contributed by atoms with Crippen LogP contribution in [-0.2, 0) is 25.6 Å². The summed E-state index contributed by atoms with van der Waals surface area (Å²) in [5.74, 6) is 0.259. The molecule has 4 aliphatic heterocycles. The molecule has 3 saturated heterocycles. The maximum atomic E-state index is 13.0. The molecule has 1 aromatic carbocycles. The molecule has 2 aliphatic carbocycles. The van der Waals surface area contributed by atoms with E-state index in [9.17, 15) is 10.1 Å². The highest BCUT2D eigenvalue weighted by Crippen LogP contribution is 2.51. The fraction of sp³-hybridized carbons (Fsp3) is 0.750. The summed E-state index contributed by atoms with van der Waals surface area (Å²) in [6, 6.07) is 11.8. The Bertz CT molecular complexity index is 1360. The lowest BCUT2D eigenvalue weighted by Crippen LogP contribution is -2.75. The highest BCUT2D eigenvalue weighted by molar-refractivity contribution is 5.87. The van der Waals surface area contributed by atoms with Gasteiger partial charge in [0.25, 0.3) is 0 Å². The fourth-order valence-corrected chi connectivity index (χ4v) is 10.6. The monoisotopic (exact) mass is 688 g/mol. The number of ether oxygens (including phenoxy) is 3. The van der Waals surface area contributed by atoms with Crippen molar-refractivity contribution in [3.8, 4) is 6.07 Å². The molecule has 2 saturated carbocycles. The number of hydrogen-bond acceptors (Lipinski definition) is 9. The van der Waals surface area contributed by atoms with Gasteiger partial charge >= 0.3 is 0 Å². The van der Waals surface area contributed by atoms with Crippen LogP contribution in [0.1, 0.15) is 101 Å². The van der Waals surface area contributed by atoms with E-state index in [0.717, 1.165) is 32.4 Å². The first-order valence-corrected chi connectivity index (χ1v) is 19.6. The van der Waals surface area contributed by atoms with Crippen LogP contribution in [0.4, 0.5) is 0 Å². The summed E-state index contributed by atoms with van der Waals surface area (Å²) in [5.41, 5.74) is 2.05. The number of carbonyl (C=O) groups excluding carboxylic acids is 1. The minimum absolute atomic E-state index is 0.0770. The smallest absolute Gasteiger partial charge is 0.246 e. The van der Waals surface area contributed by atoms with Crippen molar-refractivity contribution in [3.63, 3.8) is 0 Å². The summed E-state index contributed by atoms with van der Waals surface area (Å²) in [6.07, 6.45) is 15.4. The highest BCUT2D eigenvalue weighted by atomic mass is 16.5. The van der Waals surface area contributed by atoms with E-state index in [1.54, 1.807) is 0 Å². The third-order valence-corrected chi connectivity index (χ3v) is 13.2. The minimum atomic E-state index is -0.418. The summed E-state index contributed by atoms with van der Waals surface area (Å²) in [5, 5.41) is 14.0. The Morgan fingerprint density at radius 3 is 2.62 bits per heavy atom. The number of fused-ring (bicyclic) bond motifs is 2. The molecule has 10 nitrogen and oxygen atoms in total. The number of hydrogen-bond donors (Lipinski definition) is 1. The molecule has 1 spiro atoms. The number of rotatable bonds is 8. The predicted octanol–water partition coefficient (Wildman–Crippen LogP) is 5.16. The lowest BCUT2D eigenvalue weighted by atomic mass is 9.67. The SMILES string of the molecule is C=CC(=O)N1CCN(C2C3CC[C@]4(CC3NC(OCC3CCCN3C)N2C2CCCCCCC2)OCc2ccccc2C4OC)CC1CC#N. The van der Waals surface area contributed by atoms with Crippen molar-refractivity contribution in [2.24, 2.45) is 5.92 Å². The van der Waals surface area contributed by atoms with Gasteiger partial charge in [-0.2, -0.15) is 5.26 Å². The first-order valence-electron chi connectivity index (χ1n) is 19.6. The van der Waals surface area contributed by atoms with Crippen LogP contribution in [0.5, 0.6) is 0 Å². The van der Waals surface area contributed by atoms with Gasteiger partial charge < -0.3 is 24.0 Å². The van der Waals surface area contributed by atoms with Crippen molar-refractivity contribution in [3.05, 3.63) is 48.0 Å². The lowest BCUT2D eigenvalue weighted by Gasteiger charge is -2.61. The molecule has 4 heterocycles.